The van der Waals surface area contributed by atoms with Gasteiger partial charge in [-0.3, -0.25) is 0 Å². The minimum absolute atomic E-state index is 0.265. The zero-order valence-corrected chi connectivity index (χ0v) is 11.1. The number of ether oxygens (including phenoxy) is 1. The summed E-state index contributed by atoms with van der Waals surface area (Å²) in [4.78, 5) is 7.55. The molecule has 1 aromatic rings. The van der Waals surface area contributed by atoms with Crippen LogP contribution in [0.3, 0.4) is 0 Å². The first-order valence-electron chi connectivity index (χ1n) is 5.58. The maximum Gasteiger partial charge on any atom is 0.283 e. The second-order valence-electron chi connectivity index (χ2n) is 4.54. The third-order valence-electron chi connectivity index (χ3n) is 3.39. The number of pyridine rings is 1. The van der Waals surface area contributed by atoms with Gasteiger partial charge in [0.15, 0.2) is 5.54 Å². The summed E-state index contributed by atoms with van der Waals surface area (Å²) < 4.78 is 46.4. The minimum Gasteiger partial charge on any atom is -0.462 e. The zero-order chi connectivity index (χ0) is 13.8. The van der Waals surface area contributed by atoms with Gasteiger partial charge in [0.25, 0.3) is 12.4 Å². The average molecular weight is 336 g/mol. The molecule has 0 aromatic carbocycles. The van der Waals surface area contributed by atoms with Gasteiger partial charge in [-0.2, -0.15) is 0 Å². The second kappa shape index (κ2) is 4.09. The van der Waals surface area contributed by atoms with Crippen molar-refractivity contribution in [2.75, 3.05) is 0 Å². The standard InChI is InChI=1S/C11H9BrF3N3O/c12-7-2-1-5(13)8(17-7)11(9(14)15)4-3-6(4)19-10(16)18-11/h1-2,4,6,9H,3H2,(H2,16,18)/t4-,6+,11-/m0/s1. The number of nitrogens with zero attached hydrogens (tertiary/aromatic N) is 2. The highest BCUT2D eigenvalue weighted by Gasteiger charge is 2.65. The Morgan fingerprint density at radius 1 is 1.47 bits per heavy atom. The Labute approximate surface area is 115 Å². The van der Waals surface area contributed by atoms with E-state index < -0.39 is 35.5 Å². The van der Waals surface area contributed by atoms with Crippen molar-refractivity contribution in [2.45, 2.75) is 24.5 Å². The van der Waals surface area contributed by atoms with Crippen molar-refractivity contribution in [3.8, 4) is 0 Å². The van der Waals surface area contributed by atoms with Crippen molar-refractivity contribution in [1.82, 2.24) is 4.98 Å². The van der Waals surface area contributed by atoms with E-state index in [-0.39, 0.29) is 10.6 Å². The molecule has 2 heterocycles. The molecule has 0 saturated heterocycles. The Balaban J connectivity index is 2.21. The van der Waals surface area contributed by atoms with Gasteiger partial charge >= 0.3 is 0 Å². The first kappa shape index (κ1) is 12.7. The van der Waals surface area contributed by atoms with Gasteiger partial charge < -0.3 is 10.5 Å². The summed E-state index contributed by atoms with van der Waals surface area (Å²) in [6.07, 6.45) is -2.99. The predicted molar refractivity (Wildman–Crippen MR) is 64.2 cm³/mol. The third kappa shape index (κ3) is 1.80. The van der Waals surface area contributed by atoms with E-state index in [0.29, 0.717) is 6.42 Å². The molecule has 1 saturated carbocycles. The summed E-state index contributed by atoms with van der Waals surface area (Å²) in [5.41, 5.74) is 2.98. The number of alkyl halides is 2. The summed E-state index contributed by atoms with van der Waals surface area (Å²) in [5.74, 6) is -1.43. The summed E-state index contributed by atoms with van der Waals surface area (Å²) in [6.45, 7) is 0. The molecule has 19 heavy (non-hydrogen) atoms. The van der Waals surface area contributed by atoms with Crippen molar-refractivity contribution in [3.63, 3.8) is 0 Å². The van der Waals surface area contributed by atoms with E-state index in [0.717, 1.165) is 6.07 Å². The van der Waals surface area contributed by atoms with Gasteiger partial charge in [-0.1, -0.05) is 0 Å². The highest BCUT2D eigenvalue weighted by molar-refractivity contribution is 9.10. The van der Waals surface area contributed by atoms with Crippen LogP contribution in [0.2, 0.25) is 0 Å². The smallest absolute Gasteiger partial charge is 0.283 e. The van der Waals surface area contributed by atoms with Crippen molar-refractivity contribution in [2.24, 2.45) is 16.6 Å². The molecule has 0 radical (unpaired) electrons. The number of rotatable bonds is 2. The Morgan fingerprint density at radius 3 is 2.89 bits per heavy atom. The van der Waals surface area contributed by atoms with Crippen LogP contribution < -0.4 is 5.73 Å². The molecule has 0 amide bonds. The van der Waals surface area contributed by atoms with Crippen molar-refractivity contribution >= 4 is 22.0 Å². The van der Waals surface area contributed by atoms with E-state index >= 15 is 0 Å². The molecule has 1 aromatic heterocycles. The monoisotopic (exact) mass is 335 g/mol. The largest absolute Gasteiger partial charge is 0.462 e. The third-order valence-corrected chi connectivity index (χ3v) is 3.83. The van der Waals surface area contributed by atoms with Gasteiger partial charge in [0.1, 0.15) is 22.2 Å². The van der Waals surface area contributed by atoms with Crippen LogP contribution in [-0.4, -0.2) is 23.5 Å². The van der Waals surface area contributed by atoms with E-state index in [4.69, 9.17) is 10.5 Å². The SMILES string of the molecule is NC1=N[C@@](c2nc(Br)ccc2F)(C(F)F)[C@H]2C[C@H]2O1. The molecule has 3 rings (SSSR count). The fourth-order valence-corrected chi connectivity index (χ4v) is 2.76. The van der Waals surface area contributed by atoms with E-state index in [9.17, 15) is 13.2 Å². The fourth-order valence-electron chi connectivity index (χ4n) is 2.45. The number of aliphatic imine (C=N–C) groups is 1. The summed E-state index contributed by atoms with van der Waals surface area (Å²) in [5, 5.41) is 0. The molecule has 0 unspecified atom stereocenters. The van der Waals surface area contributed by atoms with E-state index in [1.54, 1.807) is 0 Å². The van der Waals surface area contributed by atoms with Crippen LogP contribution in [0.5, 0.6) is 0 Å². The second-order valence-corrected chi connectivity index (χ2v) is 5.35. The lowest BCUT2D eigenvalue weighted by molar-refractivity contribution is 0.0149. The van der Waals surface area contributed by atoms with E-state index in [2.05, 4.69) is 25.9 Å². The highest BCUT2D eigenvalue weighted by atomic mass is 79.9. The van der Waals surface area contributed by atoms with Crippen molar-refractivity contribution in [1.29, 1.82) is 0 Å². The Morgan fingerprint density at radius 2 is 2.21 bits per heavy atom. The molecule has 4 nitrogen and oxygen atoms in total. The maximum absolute atomic E-state index is 13.9. The Hall–Kier alpha value is -1.31. The molecule has 8 heteroatoms. The highest BCUT2D eigenvalue weighted by Crippen LogP contribution is 2.55. The van der Waals surface area contributed by atoms with E-state index in [1.165, 1.54) is 6.07 Å². The van der Waals surface area contributed by atoms with Gasteiger partial charge in [-0.05, 0) is 34.5 Å². The number of amidine groups is 1. The average Bonchev–Trinajstić information content (AvgIpc) is 3.10. The number of fused-ring (bicyclic) bond motifs is 1. The van der Waals surface area contributed by atoms with Crippen LogP contribution in [0.25, 0.3) is 0 Å². The van der Waals surface area contributed by atoms with Gasteiger partial charge in [-0.15, -0.1) is 0 Å². The van der Waals surface area contributed by atoms with Crippen LogP contribution >= 0.6 is 15.9 Å². The van der Waals surface area contributed by atoms with Crippen LogP contribution in [0.15, 0.2) is 21.7 Å². The molecule has 1 fully saturated rings. The normalized spacial score (nSPS) is 32.6. The Kier molecular flexibility index (Phi) is 2.74. The summed E-state index contributed by atoms with van der Waals surface area (Å²) >= 11 is 3.05. The molecule has 3 atom stereocenters. The first-order valence-corrected chi connectivity index (χ1v) is 6.37. The number of halogens is 4. The molecule has 2 N–H and O–H groups in total. The topological polar surface area (TPSA) is 60.5 Å². The van der Waals surface area contributed by atoms with Crippen LogP contribution in [-0.2, 0) is 10.3 Å². The molecular weight excluding hydrogens is 327 g/mol. The number of aromatic nitrogens is 1. The molecule has 1 aliphatic carbocycles. The van der Waals surface area contributed by atoms with E-state index in [1.807, 2.05) is 0 Å². The minimum atomic E-state index is -2.92. The lowest BCUT2D eigenvalue weighted by Gasteiger charge is -2.32. The van der Waals surface area contributed by atoms with Crippen LogP contribution in [0, 0.1) is 11.7 Å². The zero-order valence-electron chi connectivity index (χ0n) is 9.49. The maximum atomic E-state index is 13.9. The van der Waals surface area contributed by atoms with Gasteiger partial charge in [-0.25, -0.2) is 23.1 Å². The molecular formula is C11H9BrF3N3O. The van der Waals surface area contributed by atoms with Crippen LogP contribution in [0.1, 0.15) is 12.1 Å². The molecule has 0 bridgehead atoms. The summed E-state index contributed by atoms with van der Waals surface area (Å²) in [6, 6.07) is 2.07. The number of nitrogens with two attached hydrogens (primary N) is 1. The first-order chi connectivity index (χ1) is 8.95. The fraction of sp³-hybridized carbons (Fsp3) is 0.455. The molecule has 102 valence electrons. The number of hydrogen-bond acceptors (Lipinski definition) is 4. The van der Waals surface area contributed by atoms with Crippen LogP contribution in [0.4, 0.5) is 13.2 Å². The molecule has 2 aliphatic rings. The van der Waals surface area contributed by atoms with Gasteiger partial charge in [0.2, 0.25) is 0 Å². The van der Waals surface area contributed by atoms with Gasteiger partial charge in [0, 0.05) is 5.92 Å². The van der Waals surface area contributed by atoms with Crippen molar-refractivity contribution in [3.05, 3.63) is 28.2 Å². The molecule has 1 aliphatic heterocycles. The molecule has 0 spiro atoms. The lowest BCUT2D eigenvalue weighted by Crippen LogP contribution is -2.44. The number of hydrogen-bond donors (Lipinski definition) is 1. The van der Waals surface area contributed by atoms with Crippen molar-refractivity contribution < 1.29 is 17.9 Å². The quantitative estimate of drug-likeness (QED) is 0.842. The van der Waals surface area contributed by atoms with Gasteiger partial charge in [0.05, 0.1) is 0 Å². The summed E-state index contributed by atoms with van der Waals surface area (Å²) in [7, 11) is 0. The predicted octanol–water partition coefficient (Wildman–Crippen LogP) is 2.18. The lowest BCUT2D eigenvalue weighted by atomic mass is 9.88. The Bertz CT molecular complexity index is 568.